The molecule has 0 bridgehead atoms. The van der Waals surface area contributed by atoms with Gasteiger partial charge in [-0.3, -0.25) is 5.14 Å². The van der Waals surface area contributed by atoms with Crippen molar-refractivity contribution in [2.45, 2.75) is 5.16 Å². The lowest BCUT2D eigenvalue weighted by Crippen LogP contribution is -1.90. The monoisotopic (exact) mass is 129 g/mol. The molecular weight excluding hydrogens is 122 g/mol. The Bertz CT molecular complexity index is 172. The minimum absolute atomic E-state index is 0.838. The molecule has 4 heteroatoms. The van der Waals surface area contributed by atoms with E-state index in [2.05, 4.69) is 4.98 Å². The van der Waals surface area contributed by atoms with Crippen molar-refractivity contribution in [2.75, 3.05) is 0 Å². The highest BCUT2D eigenvalue weighted by molar-refractivity contribution is 7.96. The van der Waals surface area contributed by atoms with E-state index in [0.717, 1.165) is 17.1 Å². The number of imidazole rings is 1. The summed E-state index contributed by atoms with van der Waals surface area (Å²) in [6, 6.07) is 0. The molecule has 2 N–H and O–H groups in total. The second-order valence-corrected chi connectivity index (χ2v) is 2.04. The molecule has 1 rings (SSSR count). The van der Waals surface area contributed by atoms with Gasteiger partial charge in [0, 0.05) is 19.4 Å². The zero-order valence-electron chi connectivity index (χ0n) is 4.53. The van der Waals surface area contributed by atoms with Crippen LogP contribution in [0.4, 0.5) is 0 Å². The molecule has 0 unspecified atom stereocenters. The van der Waals surface area contributed by atoms with E-state index >= 15 is 0 Å². The molecule has 1 aromatic rings. The van der Waals surface area contributed by atoms with Crippen molar-refractivity contribution in [3.63, 3.8) is 0 Å². The van der Waals surface area contributed by atoms with E-state index in [-0.39, 0.29) is 0 Å². The van der Waals surface area contributed by atoms with Gasteiger partial charge in [0.15, 0.2) is 5.16 Å². The van der Waals surface area contributed by atoms with Gasteiger partial charge in [-0.25, -0.2) is 4.98 Å². The first-order valence-corrected chi connectivity index (χ1v) is 3.06. The van der Waals surface area contributed by atoms with Crippen molar-refractivity contribution in [1.29, 1.82) is 0 Å². The van der Waals surface area contributed by atoms with Gasteiger partial charge in [-0.2, -0.15) is 0 Å². The molecule has 0 saturated carbocycles. The Hall–Kier alpha value is -0.480. The summed E-state index contributed by atoms with van der Waals surface area (Å²) in [6.07, 6.45) is 3.57. The van der Waals surface area contributed by atoms with Gasteiger partial charge in [-0.05, 0) is 11.9 Å². The topological polar surface area (TPSA) is 43.8 Å². The Labute approximate surface area is 52.0 Å². The van der Waals surface area contributed by atoms with Gasteiger partial charge in [0.1, 0.15) is 0 Å². The zero-order valence-corrected chi connectivity index (χ0v) is 5.35. The molecule has 0 aliphatic rings. The van der Waals surface area contributed by atoms with Gasteiger partial charge in [0.05, 0.1) is 0 Å². The highest BCUT2D eigenvalue weighted by Gasteiger charge is 1.92. The summed E-state index contributed by atoms with van der Waals surface area (Å²) in [4.78, 5) is 3.94. The Balaban J connectivity index is 2.92. The van der Waals surface area contributed by atoms with Crippen LogP contribution in [-0.4, -0.2) is 9.55 Å². The predicted octanol–water partition coefficient (Wildman–Crippen LogP) is 0.386. The maximum Gasteiger partial charge on any atom is 0.182 e. The molecule has 0 aliphatic carbocycles. The molecular formula is C4H7N3S. The quantitative estimate of drug-likeness (QED) is 0.558. The summed E-state index contributed by atoms with van der Waals surface area (Å²) in [5.41, 5.74) is 0. The zero-order chi connectivity index (χ0) is 5.98. The van der Waals surface area contributed by atoms with Gasteiger partial charge in [-0.15, -0.1) is 0 Å². The molecule has 0 aromatic carbocycles. The number of aromatic nitrogens is 2. The largest absolute Gasteiger partial charge is 0.328 e. The van der Waals surface area contributed by atoms with E-state index in [1.807, 2.05) is 17.8 Å². The normalized spacial score (nSPS) is 9.75. The van der Waals surface area contributed by atoms with Crippen LogP contribution in [0.25, 0.3) is 0 Å². The smallest absolute Gasteiger partial charge is 0.182 e. The average molecular weight is 129 g/mol. The van der Waals surface area contributed by atoms with Crippen molar-refractivity contribution in [1.82, 2.24) is 9.55 Å². The van der Waals surface area contributed by atoms with Crippen LogP contribution in [0, 0.1) is 0 Å². The fourth-order valence-corrected chi connectivity index (χ4v) is 0.814. The first-order valence-electron chi connectivity index (χ1n) is 2.18. The number of hydrogen-bond donors (Lipinski definition) is 1. The van der Waals surface area contributed by atoms with Crippen LogP contribution in [0.1, 0.15) is 0 Å². The van der Waals surface area contributed by atoms with Crippen LogP contribution in [0.3, 0.4) is 0 Å². The van der Waals surface area contributed by atoms with E-state index in [9.17, 15) is 0 Å². The SMILES string of the molecule is Cn1ccnc1SN. The summed E-state index contributed by atoms with van der Waals surface area (Å²) in [6.45, 7) is 0. The van der Waals surface area contributed by atoms with E-state index in [0.29, 0.717) is 0 Å². The molecule has 0 fully saturated rings. The number of rotatable bonds is 1. The van der Waals surface area contributed by atoms with E-state index < -0.39 is 0 Å². The van der Waals surface area contributed by atoms with E-state index in [4.69, 9.17) is 5.14 Å². The third-order valence-corrected chi connectivity index (χ3v) is 1.49. The molecule has 1 heterocycles. The molecule has 0 spiro atoms. The van der Waals surface area contributed by atoms with E-state index in [1.54, 1.807) is 6.20 Å². The van der Waals surface area contributed by atoms with Crippen LogP contribution < -0.4 is 5.14 Å². The second kappa shape index (κ2) is 2.19. The van der Waals surface area contributed by atoms with Crippen molar-refractivity contribution < 1.29 is 0 Å². The fraction of sp³-hybridized carbons (Fsp3) is 0.250. The Morgan fingerprint density at radius 2 is 2.62 bits per heavy atom. The van der Waals surface area contributed by atoms with Crippen molar-refractivity contribution in [3.05, 3.63) is 12.4 Å². The van der Waals surface area contributed by atoms with Gasteiger partial charge in [0.25, 0.3) is 0 Å². The summed E-state index contributed by atoms with van der Waals surface area (Å²) in [7, 11) is 1.90. The van der Waals surface area contributed by atoms with E-state index in [1.165, 1.54) is 0 Å². The Kier molecular flexibility index (Phi) is 1.55. The third kappa shape index (κ3) is 0.850. The lowest BCUT2D eigenvalue weighted by Gasteiger charge is -1.91. The number of nitrogens with two attached hydrogens (primary N) is 1. The summed E-state index contributed by atoms with van der Waals surface area (Å²) in [5, 5.41) is 6.07. The lowest BCUT2D eigenvalue weighted by atomic mass is 10.9. The van der Waals surface area contributed by atoms with Crippen LogP contribution >= 0.6 is 11.9 Å². The molecule has 0 saturated heterocycles. The van der Waals surface area contributed by atoms with Crippen molar-refractivity contribution in [3.8, 4) is 0 Å². The minimum atomic E-state index is 0.838. The van der Waals surface area contributed by atoms with Gasteiger partial charge < -0.3 is 4.57 Å². The third-order valence-electron chi connectivity index (χ3n) is 0.882. The maximum absolute atomic E-state index is 5.23. The van der Waals surface area contributed by atoms with Crippen LogP contribution in [0.5, 0.6) is 0 Å². The van der Waals surface area contributed by atoms with Gasteiger partial charge in [-0.1, -0.05) is 0 Å². The Morgan fingerprint density at radius 1 is 1.88 bits per heavy atom. The molecule has 3 nitrogen and oxygen atoms in total. The molecule has 1 aromatic heterocycles. The second-order valence-electron chi connectivity index (χ2n) is 1.44. The first kappa shape index (κ1) is 5.65. The number of hydrogen-bond acceptors (Lipinski definition) is 3. The van der Waals surface area contributed by atoms with Crippen molar-refractivity contribution in [2.24, 2.45) is 12.2 Å². The predicted molar refractivity (Wildman–Crippen MR) is 33.3 cm³/mol. The molecule has 0 aliphatic heterocycles. The molecule has 0 amide bonds. The standard InChI is InChI=1S/C4H7N3S/c1-7-3-2-6-4(7)8-5/h2-3H,5H2,1H3. The first-order chi connectivity index (χ1) is 3.84. The molecule has 0 radical (unpaired) electrons. The highest BCUT2D eigenvalue weighted by atomic mass is 32.2. The molecule has 8 heavy (non-hydrogen) atoms. The van der Waals surface area contributed by atoms with Crippen LogP contribution in [0.2, 0.25) is 0 Å². The van der Waals surface area contributed by atoms with Crippen LogP contribution in [0.15, 0.2) is 17.6 Å². The average Bonchev–Trinajstić information content (AvgIpc) is 2.14. The molecule has 0 atom stereocenters. The fourth-order valence-electron chi connectivity index (χ4n) is 0.465. The number of nitrogens with zero attached hydrogens (tertiary/aromatic N) is 2. The van der Waals surface area contributed by atoms with Gasteiger partial charge >= 0.3 is 0 Å². The summed E-state index contributed by atoms with van der Waals surface area (Å²) >= 11 is 1.15. The van der Waals surface area contributed by atoms with Crippen molar-refractivity contribution >= 4 is 11.9 Å². The number of aryl methyl sites for hydroxylation is 1. The lowest BCUT2D eigenvalue weighted by molar-refractivity contribution is 0.790. The van der Waals surface area contributed by atoms with Crippen LogP contribution in [-0.2, 0) is 7.05 Å². The maximum atomic E-state index is 5.23. The summed E-state index contributed by atoms with van der Waals surface area (Å²) < 4.78 is 1.87. The minimum Gasteiger partial charge on any atom is -0.328 e. The Morgan fingerprint density at radius 3 is 2.88 bits per heavy atom. The molecule has 44 valence electrons. The highest BCUT2D eigenvalue weighted by Crippen LogP contribution is 2.04. The summed E-state index contributed by atoms with van der Waals surface area (Å²) in [5.74, 6) is 0. The van der Waals surface area contributed by atoms with Gasteiger partial charge in [0.2, 0.25) is 0 Å².